The van der Waals surface area contributed by atoms with E-state index in [-0.39, 0.29) is 39.3 Å². The molecule has 0 amide bonds. The number of aliphatic carboxylic acids is 2. The standard InChI is InChI=1S/2C11H8O2.2C4H6O2.Cu/c2*12-11(13)10-6-5-8-3-1-2-4-9(8)7-10;2*1-3(2)4(5)6;/h2*1-7H,(H,12,13);2*1H2,2H3,(H,5,6);/q;;;;+2/p-2. The minimum absolute atomic E-state index is 0. The zero-order valence-corrected chi connectivity index (χ0v) is 22.1. The minimum Gasteiger partial charge on any atom is -0.545 e. The van der Waals surface area contributed by atoms with E-state index in [0.29, 0.717) is 0 Å². The summed E-state index contributed by atoms with van der Waals surface area (Å²) in [6.45, 7) is 9.20. The van der Waals surface area contributed by atoms with Crippen LogP contribution in [-0.4, -0.2) is 34.1 Å². The monoisotopic (exact) mass is 577 g/mol. The van der Waals surface area contributed by atoms with Gasteiger partial charge in [-0.25, -0.2) is 9.59 Å². The first-order chi connectivity index (χ1) is 17.8. The average molecular weight is 578 g/mol. The van der Waals surface area contributed by atoms with E-state index in [0.717, 1.165) is 21.5 Å². The second kappa shape index (κ2) is 16.9. The number of aromatic carboxylic acids is 2. The Morgan fingerprint density at radius 3 is 1.05 bits per heavy atom. The van der Waals surface area contributed by atoms with Gasteiger partial charge in [-0.2, -0.15) is 0 Å². The zero-order valence-electron chi connectivity index (χ0n) is 21.1. The second-order valence-corrected chi connectivity index (χ2v) is 7.87. The Kier molecular flexibility index (Phi) is 14.9. The molecular formula is C30H26CuO8. The van der Waals surface area contributed by atoms with Crippen LogP contribution in [0.1, 0.15) is 34.6 Å². The van der Waals surface area contributed by atoms with E-state index in [9.17, 15) is 29.4 Å². The Morgan fingerprint density at radius 2 is 0.821 bits per heavy atom. The van der Waals surface area contributed by atoms with E-state index in [1.54, 1.807) is 36.4 Å². The zero-order chi connectivity index (χ0) is 28.8. The molecule has 2 N–H and O–H groups in total. The second-order valence-electron chi connectivity index (χ2n) is 7.87. The molecule has 4 aromatic rings. The Labute approximate surface area is 236 Å². The molecule has 0 spiro atoms. The number of carboxylic acid groups (broad SMARTS) is 4. The van der Waals surface area contributed by atoms with E-state index in [1.165, 1.54) is 13.8 Å². The van der Waals surface area contributed by atoms with Gasteiger partial charge < -0.3 is 30.0 Å². The summed E-state index contributed by atoms with van der Waals surface area (Å²) < 4.78 is 0. The molecule has 0 fully saturated rings. The van der Waals surface area contributed by atoms with Crippen LogP contribution < -0.4 is 10.2 Å². The summed E-state index contributed by atoms with van der Waals surface area (Å²) in [5.41, 5.74) is 0.794. The van der Waals surface area contributed by atoms with E-state index in [1.807, 2.05) is 48.5 Å². The van der Waals surface area contributed by atoms with Crippen molar-refractivity contribution >= 4 is 45.4 Å². The predicted octanol–water partition coefficient (Wildman–Crippen LogP) is 3.70. The number of benzene rings is 4. The molecule has 39 heavy (non-hydrogen) atoms. The van der Waals surface area contributed by atoms with Crippen LogP contribution in [-0.2, 0) is 26.7 Å². The Bertz CT molecular complexity index is 1350. The van der Waals surface area contributed by atoms with Gasteiger partial charge in [-0.1, -0.05) is 86.0 Å². The van der Waals surface area contributed by atoms with Crippen LogP contribution in [0.2, 0.25) is 0 Å². The van der Waals surface area contributed by atoms with Gasteiger partial charge in [-0.3, -0.25) is 0 Å². The Morgan fingerprint density at radius 1 is 0.564 bits per heavy atom. The molecule has 0 saturated carbocycles. The Balaban J connectivity index is 0.000000524. The summed E-state index contributed by atoms with van der Waals surface area (Å²) >= 11 is 0. The molecule has 0 aliphatic rings. The fourth-order valence-electron chi connectivity index (χ4n) is 2.63. The van der Waals surface area contributed by atoms with Crippen LogP contribution in [0.4, 0.5) is 0 Å². The largest absolute Gasteiger partial charge is 2.00 e. The molecule has 1 radical (unpaired) electrons. The molecule has 0 heterocycles. The first-order valence-electron chi connectivity index (χ1n) is 11.0. The topological polar surface area (TPSA) is 155 Å². The summed E-state index contributed by atoms with van der Waals surface area (Å²) in [6, 6.07) is 25.1. The van der Waals surface area contributed by atoms with Crippen molar-refractivity contribution in [3.63, 3.8) is 0 Å². The first-order valence-corrected chi connectivity index (χ1v) is 11.0. The van der Waals surface area contributed by atoms with Gasteiger partial charge in [0.2, 0.25) is 0 Å². The molecule has 0 saturated heterocycles. The molecule has 0 atom stereocenters. The number of hydrogen-bond donors (Lipinski definition) is 2. The first kappa shape index (κ1) is 34.3. The predicted molar refractivity (Wildman–Crippen MR) is 141 cm³/mol. The molecule has 0 unspecified atom stereocenters. The van der Waals surface area contributed by atoms with Crippen molar-refractivity contribution < 1.29 is 56.7 Å². The number of hydrogen-bond acceptors (Lipinski definition) is 6. The summed E-state index contributed by atoms with van der Waals surface area (Å²) in [4.78, 5) is 40.3. The van der Waals surface area contributed by atoms with Crippen LogP contribution in [0.25, 0.3) is 21.5 Å². The van der Waals surface area contributed by atoms with E-state index >= 15 is 0 Å². The molecular weight excluding hydrogens is 552 g/mol. The molecule has 9 heteroatoms. The maximum atomic E-state index is 10.5. The average Bonchev–Trinajstić information content (AvgIpc) is 2.89. The van der Waals surface area contributed by atoms with Crippen LogP contribution in [0.5, 0.6) is 0 Å². The van der Waals surface area contributed by atoms with Gasteiger partial charge in [0.1, 0.15) is 0 Å². The van der Waals surface area contributed by atoms with Gasteiger partial charge in [-0.05, 0) is 58.7 Å². The molecule has 0 aliphatic heterocycles. The number of carbonyl (C=O) groups excluding carboxylic acids is 2. The van der Waals surface area contributed by atoms with Crippen molar-refractivity contribution in [2.75, 3.05) is 0 Å². The normalized spacial score (nSPS) is 9.08. The maximum Gasteiger partial charge on any atom is 2.00 e. The van der Waals surface area contributed by atoms with Gasteiger partial charge in [0, 0.05) is 11.1 Å². The van der Waals surface area contributed by atoms with Crippen molar-refractivity contribution in [3.05, 3.63) is 120 Å². The number of carbonyl (C=O) groups is 4. The quantitative estimate of drug-likeness (QED) is 0.275. The number of rotatable bonds is 4. The molecule has 8 nitrogen and oxygen atoms in total. The van der Waals surface area contributed by atoms with Crippen LogP contribution in [0.3, 0.4) is 0 Å². The maximum absolute atomic E-state index is 10.5. The number of carboxylic acids is 4. The van der Waals surface area contributed by atoms with Crippen molar-refractivity contribution in [3.8, 4) is 0 Å². The van der Waals surface area contributed by atoms with Crippen LogP contribution in [0.15, 0.2) is 109 Å². The van der Waals surface area contributed by atoms with E-state index in [4.69, 9.17) is 10.2 Å². The van der Waals surface area contributed by atoms with Gasteiger partial charge >= 0.3 is 29.0 Å². The van der Waals surface area contributed by atoms with E-state index < -0.39 is 23.9 Å². The summed E-state index contributed by atoms with van der Waals surface area (Å²) in [5.74, 6) is -4.14. The molecule has 0 bridgehead atoms. The summed E-state index contributed by atoms with van der Waals surface area (Å²) in [7, 11) is 0. The Hall–Kier alpha value is -4.72. The fraction of sp³-hybridized carbons (Fsp3) is 0.0667. The molecule has 4 aromatic carbocycles. The van der Waals surface area contributed by atoms with Gasteiger partial charge in [0.15, 0.2) is 0 Å². The minimum atomic E-state index is -1.13. The third-order valence-corrected chi connectivity index (χ3v) is 4.70. The molecule has 0 aromatic heterocycles. The fourth-order valence-corrected chi connectivity index (χ4v) is 2.63. The molecule has 205 valence electrons. The summed E-state index contributed by atoms with van der Waals surface area (Å²) in [6.07, 6.45) is 0. The van der Waals surface area contributed by atoms with E-state index in [2.05, 4.69) is 13.2 Å². The van der Waals surface area contributed by atoms with Gasteiger partial charge in [-0.15, -0.1) is 0 Å². The summed E-state index contributed by atoms with van der Waals surface area (Å²) in [5, 5.41) is 40.8. The number of fused-ring (bicyclic) bond motifs is 2. The third kappa shape index (κ3) is 12.4. The van der Waals surface area contributed by atoms with Gasteiger partial charge in [0.25, 0.3) is 0 Å². The molecule has 0 aliphatic carbocycles. The third-order valence-electron chi connectivity index (χ3n) is 4.70. The van der Waals surface area contributed by atoms with Crippen molar-refractivity contribution in [1.82, 2.24) is 0 Å². The van der Waals surface area contributed by atoms with Crippen LogP contribution in [0, 0.1) is 0 Å². The molecule has 4 rings (SSSR count). The van der Waals surface area contributed by atoms with Crippen molar-refractivity contribution in [2.45, 2.75) is 13.8 Å². The smallest absolute Gasteiger partial charge is 0.545 e. The van der Waals surface area contributed by atoms with Crippen molar-refractivity contribution in [2.24, 2.45) is 0 Å². The van der Waals surface area contributed by atoms with Crippen LogP contribution >= 0.6 is 0 Å². The SMILES string of the molecule is C=C(C)C(=O)O.C=C(C)C(=O)O.O=C([O-])c1ccc2ccccc2c1.O=C([O-])c1ccc2ccccc2c1.[Cu+2]. The van der Waals surface area contributed by atoms with Gasteiger partial charge in [0.05, 0.1) is 11.9 Å². The van der Waals surface area contributed by atoms with Crippen molar-refractivity contribution in [1.29, 1.82) is 0 Å².